The lowest BCUT2D eigenvalue weighted by Gasteiger charge is -2.23. The molecule has 0 radical (unpaired) electrons. The van der Waals surface area contributed by atoms with Gasteiger partial charge in [-0.1, -0.05) is 24.6 Å². The van der Waals surface area contributed by atoms with Gasteiger partial charge in [-0.25, -0.2) is 0 Å². The van der Waals surface area contributed by atoms with Crippen LogP contribution in [-0.2, 0) is 6.54 Å². The van der Waals surface area contributed by atoms with Gasteiger partial charge in [-0.15, -0.1) is 0 Å². The molecule has 0 unspecified atom stereocenters. The van der Waals surface area contributed by atoms with Crippen LogP contribution in [0.5, 0.6) is 5.75 Å². The average molecular weight is 311 g/mol. The summed E-state index contributed by atoms with van der Waals surface area (Å²) in [5.41, 5.74) is 1.21. The number of halogens is 1. The molecule has 0 amide bonds. The summed E-state index contributed by atoms with van der Waals surface area (Å²) in [6.07, 6.45) is 2.78. The number of ether oxygens (including phenoxy) is 1. The second kappa shape index (κ2) is 8.02. The molecule has 0 saturated carbocycles. The first-order chi connectivity index (χ1) is 10.1. The lowest BCUT2D eigenvalue weighted by atomic mass is 10.2. The molecule has 1 aromatic rings. The Balaban J connectivity index is 1.82. The summed E-state index contributed by atoms with van der Waals surface area (Å²) in [6, 6.07) is 6.74. The minimum atomic E-state index is 0.147. The summed E-state index contributed by atoms with van der Waals surface area (Å²) in [4.78, 5) is 2.56. The van der Waals surface area contributed by atoms with Crippen LogP contribution in [0.4, 0.5) is 0 Å². The fourth-order valence-corrected chi connectivity index (χ4v) is 3.18. The third-order valence-corrected chi connectivity index (χ3v) is 4.27. The molecule has 1 aliphatic heterocycles. The van der Waals surface area contributed by atoms with Crippen molar-refractivity contribution in [2.24, 2.45) is 0 Å². The molecule has 1 heterocycles. The largest absolute Gasteiger partial charge is 0.489 e. The lowest BCUT2D eigenvalue weighted by Crippen LogP contribution is -2.37. The molecular weight excluding hydrogens is 284 g/mol. The van der Waals surface area contributed by atoms with Crippen LogP contribution in [-0.4, -0.2) is 36.7 Å². The number of hydrogen-bond acceptors (Lipinski definition) is 3. The van der Waals surface area contributed by atoms with Gasteiger partial charge < -0.3 is 10.1 Å². The summed E-state index contributed by atoms with van der Waals surface area (Å²) >= 11 is 6.26. The highest BCUT2D eigenvalue weighted by atomic mass is 35.5. The molecule has 2 rings (SSSR count). The predicted molar refractivity (Wildman–Crippen MR) is 89.2 cm³/mol. The minimum Gasteiger partial charge on any atom is -0.489 e. The number of nitrogens with zero attached hydrogens (tertiary/aromatic N) is 1. The van der Waals surface area contributed by atoms with Crippen LogP contribution in [0.3, 0.4) is 0 Å². The number of likely N-dealkylation sites (tertiary alicyclic amines) is 1. The first-order valence-electron chi connectivity index (χ1n) is 8.00. The third kappa shape index (κ3) is 4.87. The van der Waals surface area contributed by atoms with Crippen LogP contribution < -0.4 is 10.1 Å². The zero-order valence-corrected chi connectivity index (χ0v) is 14.1. The van der Waals surface area contributed by atoms with Gasteiger partial charge in [0.1, 0.15) is 5.75 Å². The highest BCUT2D eigenvalue weighted by Crippen LogP contribution is 2.26. The van der Waals surface area contributed by atoms with Crippen LogP contribution in [0.15, 0.2) is 18.2 Å². The summed E-state index contributed by atoms with van der Waals surface area (Å²) in [7, 11) is 0. The molecule has 0 bridgehead atoms. The molecule has 3 nitrogen and oxygen atoms in total. The number of rotatable bonds is 7. The van der Waals surface area contributed by atoms with Crippen molar-refractivity contribution in [1.82, 2.24) is 10.2 Å². The molecule has 1 aliphatic rings. The van der Waals surface area contributed by atoms with E-state index in [1.807, 2.05) is 26.0 Å². The van der Waals surface area contributed by atoms with Crippen molar-refractivity contribution in [3.63, 3.8) is 0 Å². The van der Waals surface area contributed by atoms with E-state index in [9.17, 15) is 0 Å². The van der Waals surface area contributed by atoms with Gasteiger partial charge >= 0.3 is 0 Å². The summed E-state index contributed by atoms with van der Waals surface area (Å²) in [5, 5.41) is 4.25. The molecule has 1 saturated heterocycles. The van der Waals surface area contributed by atoms with Crippen LogP contribution in [0, 0.1) is 0 Å². The maximum absolute atomic E-state index is 6.26. The van der Waals surface area contributed by atoms with Crippen LogP contribution in [0.25, 0.3) is 0 Å². The van der Waals surface area contributed by atoms with Gasteiger partial charge in [-0.3, -0.25) is 4.90 Å². The van der Waals surface area contributed by atoms with Crippen molar-refractivity contribution >= 4 is 11.6 Å². The topological polar surface area (TPSA) is 24.5 Å². The normalized spacial score (nSPS) is 19.4. The van der Waals surface area contributed by atoms with E-state index >= 15 is 0 Å². The van der Waals surface area contributed by atoms with E-state index in [1.54, 1.807) is 0 Å². The minimum absolute atomic E-state index is 0.147. The van der Waals surface area contributed by atoms with Gasteiger partial charge in [0.25, 0.3) is 0 Å². The fraction of sp³-hybridized carbons (Fsp3) is 0.647. The SMILES string of the molecule is CCN1CCC[C@H]1CNCc1ccc(OC(C)C)c(Cl)c1. The van der Waals surface area contributed by atoms with E-state index in [-0.39, 0.29) is 6.10 Å². The van der Waals surface area contributed by atoms with Crippen molar-refractivity contribution in [2.75, 3.05) is 19.6 Å². The van der Waals surface area contributed by atoms with E-state index in [0.717, 1.165) is 25.4 Å². The molecule has 118 valence electrons. The number of benzene rings is 1. The Morgan fingerprint density at radius 3 is 2.90 bits per heavy atom. The quantitative estimate of drug-likeness (QED) is 0.831. The second-order valence-electron chi connectivity index (χ2n) is 5.99. The Bertz CT molecular complexity index is 450. The highest BCUT2D eigenvalue weighted by Gasteiger charge is 2.22. The van der Waals surface area contributed by atoms with E-state index < -0.39 is 0 Å². The van der Waals surface area contributed by atoms with Crippen molar-refractivity contribution in [1.29, 1.82) is 0 Å². The lowest BCUT2D eigenvalue weighted by molar-refractivity contribution is 0.242. The average Bonchev–Trinajstić information content (AvgIpc) is 2.89. The maximum Gasteiger partial charge on any atom is 0.138 e. The summed E-state index contributed by atoms with van der Waals surface area (Å²) in [5.74, 6) is 0.767. The Morgan fingerprint density at radius 2 is 2.24 bits per heavy atom. The van der Waals surface area contributed by atoms with Gasteiger partial charge in [-0.05, 0) is 57.5 Å². The van der Waals surface area contributed by atoms with E-state index in [2.05, 4.69) is 23.2 Å². The molecule has 1 atom stereocenters. The Kier molecular flexibility index (Phi) is 6.34. The number of likely N-dealkylation sites (N-methyl/N-ethyl adjacent to an activating group) is 1. The molecule has 1 fully saturated rings. The van der Waals surface area contributed by atoms with Gasteiger partial charge in [0.05, 0.1) is 11.1 Å². The first-order valence-corrected chi connectivity index (χ1v) is 8.37. The molecule has 0 aromatic heterocycles. The van der Waals surface area contributed by atoms with Crippen LogP contribution >= 0.6 is 11.6 Å². The summed E-state index contributed by atoms with van der Waals surface area (Å²) < 4.78 is 5.66. The first kappa shape index (κ1) is 16.6. The smallest absolute Gasteiger partial charge is 0.138 e. The number of nitrogens with one attached hydrogen (secondary N) is 1. The van der Waals surface area contributed by atoms with Crippen molar-refractivity contribution < 1.29 is 4.74 Å². The third-order valence-electron chi connectivity index (χ3n) is 3.97. The molecule has 1 aromatic carbocycles. The van der Waals surface area contributed by atoms with E-state index in [0.29, 0.717) is 11.1 Å². The number of hydrogen-bond donors (Lipinski definition) is 1. The Morgan fingerprint density at radius 1 is 1.43 bits per heavy atom. The molecule has 1 N–H and O–H groups in total. The van der Waals surface area contributed by atoms with Gasteiger partial charge in [0.15, 0.2) is 0 Å². The molecule has 0 spiro atoms. The van der Waals surface area contributed by atoms with Gasteiger partial charge in [-0.2, -0.15) is 0 Å². The Hall–Kier alpha value is -0.770. The molecular formula is C17H27ClN2O. The van der Waals surface area contributed by atoms with E-state index in [4.69, 9.17) is 16.3 Å². The standard InChI is InChI=1S/C17H27ClN2O/c1-4-20-9-5-6-15(20)12-19-11-14-7-8-17(16(18)10-14)21-13(2)3/h7-8,10,13,15,19H,4-6,9,11-12H2,1-3H3/t15-/m0/s1. The zero-order valence-electron chi connectivity index (χ0n) is 13.4. The van der Waals surface area contributed by atoms with Gasteiger partial charge in [0.2, 0.25) is 0 Å². The predicted octanol–water partition coefficient (Wildman–Crippen LogP) is 3.70. The fourth-order valence-electron chi connectivity index (χ4n) is 2.93. The second-order valence-corrected chi connectivity index (χ2v) is 6.39. The highest BCUT2D eigenvalue weighted by molar-refractivity contribution is 6.32. The summed E-state index contributed by atoms with van der Waals surface area (Å²) in [6.45, 7) is 10.6. The molecule has 0 aliphatic carbocycles. The van der Waals surface area contributed by atoms with Crippen LogP contribution in [0.2, 0.25) is 5.02 Å². The van der Waals surface area contributed by atoms with Crippen molar-refractivity contribution in [3.05, 3.63) is 28.8 Å². The molecule has 21 heavy (non-hydrogen) atoms. The van der Waals surface area contributed by atoms with Crippen molar-refractivity contribution in [3.8, 4) is 5.75 Å². The zero-order chi connectivity index (χ0) is 15.2. The maximum atomic E-state index is 6.26. The monoisotopic (exact) mass is 310 g/mol. The van der Waals surface area contributed by atoms with Gasteiger partial charge in [0, 0.05) is 19.1 Å². The van der Waals surface area contributed by atoms with Crippen LogP contribution in [0.1, 0.15) is 39.2 Å². The van der Waals surface area contributed by atoms with Crippen molar-refractivity contribution in [2.45, 2.75) is 52.3 Å². The Labute approximate surface area is 133 Å². The molecule has 4 heteroatoms. The van der Waals surface area contributed by atoms with E-state index in [1.165, 1.54) is 24.9 Å².